The van der Waals surface area contributed by atoms with Crippen molar-refractivity contribution in [1.82, 2.24) is 14.5 Å². The number of fused-ring (bicyclic) bond motifs is 1. The molecular formula is C20H27N5O. The van der Waals surface area contributed by atoms with E-state index in [1.54, 1.807) is 0 Å². The molecular weight excluding hydrogens is 326 g/mol. The molecule has 4 rings (SSSR count). The van der Waals surface area contributed by atoms with Crippen molar-refractivity contribution in [2.24, 2.45) is 5.73 Å². The Balaban J connectivity index is 1.55. The van der Waals surface area contributed by atoms with E-state index in [1.165, 1.54) is 0 Å². The number of rotatable bonds is 6. The molecule has 0 saturated carbocycles. The van der Waals surface area contributed by atoms with E-state index in [0.29, 0.717) is 12.6 Å². The highest BCUT2D eigenvalue weighted by atomic mass is 16.3. The Morgan fingerprint density at radius 3 is 2.73 bits per heavy atom. The van der Waals surface area contributed by atoms with E-state index < -0.39 is 0 Å². The predicted molar refractivity (Wildman–Crippen MR) is 104 cm³/mol. The third-order valence-corrected chi connectivity index (χ3v) is 5.13. The quantitative estimate of drug-likeness (QED) is 0.713. The molecule has 2 aromatic heterocycles. The zero-order valence-corrected chi connectivity index (χ0v) is 15.3. The molecule has 1 fully saturated rings. The van der Waals surface area contributed by atoms with Gasteiger partial charge in [-0.1, -0.05) is 12.1 Å². The van der Waals surface area contributed by atoms with Crippen molar-refractivity contribution in [3.63, 3.8) is 0 Å². The fourth-order valence-electron chi connectivity index (χ4n) is 3.74. The lowest BCUT2D eigenvalue weighted by molar-refractivity contribution is 0.224. The lowest BCUT2D eigenvalue weighted by Crippen LogP contribution is -2.41. The zero-order chi connectivity index (χ0) is 17.9. The molecule has 6 heteroatoms. The van der Waals surface area contributed by atoms with E-state index in [4.69, 9.17) is 15.1 Å². The highest BCUT2D eigenvalue weighted by Gasteiger charge is 2.21. The average molecular weight is 353 g/mol. The highest BCUT2D eigenvalue weighted by Crippen LogP contribution is 2.24. The Labute approximate surface area is 154 Å². The maximum atomic E-state index is 5.80. The first-order chi connectivity index (χ1) is 12.7. The normalized spacial score (nSPS) is 16.4. The Morgan fingerprint density at radius 2 is 2.00 bits per heavy atom. The zero-order valence-electron chi connectivity index (χ0n) is 15.3. The lowest BCUT2D eigenvalue weighted by Gasteiger charge is -2.32. The first kappa shape index (κ1) is 17.1. The summed E-state index contributed by atoms with van der Waals surface area (Å²) in [6.45, 7) is 6.56. The fraction of sp³-hybridized carbons (Fsp3) is 0.450. The molecule has 0 unspecified atom stereocenters. The summed E-state index contributed by atoms with van der Waals surface area (Å²) < 4.78 is 8.02. The van der Waals surface area contributed by atoms with E-state index in [2.05, 4.69) is 33.0 Å². The molecule has 0 spiro atoms. The van der Waals surface area contributed by atoms with E-state index in [-0.39, 0.29) is 0 Å². The Bertz CT molecular complexity index is 860. The van der Waals surface area contributed by atoms with Gasteiger partial charge in [0.15, 0.2) is 0 Å². The summed E-state index contributed by atoms with van der Waals surface area (Å²) in [4.78, 5) is 7.28. The number of imidazole rings is 1. The van der Waals surface area contributed by atoms with Crippen molar-refractivity contribution in [2.75, 3.05) is 31.5 Å². The van der Waals surface area contributed by atoms with Crippen LogP contribution in [0.2, 0.25) is 0 Å². The number of piperidine rings is 1. The minimum atomic E-state index is 0.443. The number of para-hydroxylation sites is 2. The smallest absolute Gasteiger partial charge is 0.204 e. The number of likely N-dealkylation sites (tertiary alicyclic amines) is 1. The standard InChI is InChI=1S/C20H27N5O/c1-15-6-7-17(26-15)14-25-19-5-3-2-4-18(19)23-20(25)22-16-8-11-24(12-9-16)13-10-21/h2-7,16H,8-14,21H2,1H3,(H,22,23). The first-order valence-electron chi connectivity index (χ1n) is 9.42. The molecule has 0 bridgehead atoms. The molecule has 26 heavy (non-hydrogen) atoms. The number of nitrogens with zero attached hydrogens (tertiary/aromatic N) is 3. The molecule has 138 valence electrons. The SMILES string of the molecule is Cc1ccc(Cn2c(NC3CCN(CCN)CC3)nc3ccccc32)o1. The summed E-state index contributed by atoms with van der Waals surface area (Å²) in [5.74, 6) is 2.82. The van der Waals surface area contributed by atoms with Gasteiger partial charge >= 0.3 is 0 Å². The molecule has 1 aromatic carbocycles. The second-order valence-electron chi connectivity index (χ2n) is 7.07. The number of aryl methyl sites for hydroxylation is 1. The van der Waals surface area contributed by atoms with Crippen LogP contribution in [-0.4, -0.2) is 46.7 Å². The topological polar surface area (TPSA) is 72.2 Å². The predicted octanol–water partition coefficient (Wildman–Crippen LogP) is 2.82. The van der Waals surface area contributed by atoms with E-state index >= 15 is 0 Å². The van der Waals surface area contributed by atoms with Crippen LogP contribution < -0.4 is 11.1 Å². The van der Waals surface area contributed by atoms with Gasteiger partial charge in [-0.3, -0.25) is 0 Å². The van der Waals surface area contributed by atoms with Crippen LogP contribution in [0.5, 0.6) is 0 Å². The van der Waals surface area contributed by atoms with Crippen LogP contribution in [0.1, 0.15) is 24.4 Å². The third-order valence-electron chi connectivity index (χ3n) is 5.13. The van der Waals surface area contributed by atoms with Crippen LogP contribution in [0, 0.1) is 6.92 Å². The molecule has 1 aliphatic rings. The van der Waals surface area contributed by atoms with Crippen LogP contribution in [0.3, 0.4) is 0 Å². The van der Waals surface area contributed by atoms with Crippen molar-refractivity contribution < 1.29 is 4.42 Å². The maximum Gasteiger partial charge on any atom is 0.204 e. The van der Waals surface area contributed by atoms with Crippen molar-refractivity contribution in [2.45, 2.75) is 32.4 Å². The third kappa shape index (κ3) is 3.61. The minimum absolute atomic E-state index is 0.443. The summed E-state index contributed by atoms with van der Waals surface area (Å²) >= 11 is 0. The molecule has 1 aliphatic heterocycles. The maximum absolute atomic E-state index is 5.80. The van der Waals surface area contributed by atoms with Crippen molar-refractivity contribution in [3.05, 3.63) is 47.9 Å². The van der Waals surface area contributed by atoms with Gasteiger partial charge in [0, 0.05) is 32.2 Å². The molecule has 0 aliphatic carbocycles. The van der Waals surface area contributed by atoms with Gasteiger partial charge in [0.05, 0.1) is 17.6 Å². The van der Waals surface area contributed by atoms with Crippen LogP contribution >= 0.6 is 0 Å². The number of nitrogens with one attached hydrogen (secondary N) is 1. The van der Waals surface area contributed by atoms with E-state index in [0.717, 1.165) is 67.5 Å². The molecule has 3 heterocycles. The first-order valence-corrected chi connectivity index (χ1v) is 9.42. The Kier molecular flexibility index (Phi) is 4.95. The number of nitrogens with two attached hydrogens (primary N) is 1. The summed E-state index contributed by atoms with van der Waals surface area (Å²) in [5, 5.41) is 3.68. The number of furan rings is 1. The van der Waals surface area contributed by atoms with Gasteiger partial charge in [0.1, 0.15) is 11.5 Å². The van der Waals surface area contributed by atoms with Gasteiger partial charge in [-0.15, -0.1) is 0 Å². The second kappa shape index (κ2) is 7.51. The summed E-state index contributed by atoms with van der Waals surface area (Å²) in [7, 11) is 0. The number of aromatic nitrogens is 2. The van der Waals surface area contributed by atoms with Crippen LogP contribution in [0.15, 0.2) is 40.8 Å². The fourth-order valence-corrected chi connectivity index (χ4v) is 3.74. The van der Waals surface area contributed by atoms with Crippen LogP contribution in [0.4, 0.5) is 5.95 Å². The Morgan fingerprint density at radius 1 is 1.19 bits per heavy atom. The van der Waals surface area contributed by atoms with E-state index in [9.17, 15) is 0 Å². The number of anilines is 1. The highest BCUT2D eigenvalue weighted by molar-refractivity contribution is 5.78. The molecule has 0 amide bonds. The molecule has 3 N–H and O–H groups in total. The van der Waals surface area contributed by atoms with Gasteiger partial charge in [0.25, 0.3) is 0 Å². The summed E-state index contributed by atoms with van der Waals surface area (Å²) in [6.07, 6.45) is 2.23. The molecule has 3 aromatic rings. The summed E-state index contributed by atoms with van der Waals surface area (Å²) in [5.41, 5.74) is 7.82. The van der Waals surface area contributed by atoms with E-state index in [1.807, 2.05) is 25.1 Å². The molecule has 0 atom stereocenters. The second-order valence-corrected chi connectivity index (χ2v) is 7.07. The van der Waals surface area contributed by atoms with Gasteiger partial charge in [-0.2, -0.15) is 0 Å². The van der Waals surface area contributed by atoms with Crippen LogP contribution in [0.25, 0.3) is 11.0 Å². The van der Waals surface area contributed by atoms with Crippen LogP contribution in [-0.2, 0) is 6.54 Å². The average Bonchev–Trinajstić information content (AvgIpc) is 3.21. The number of hydrogen-bond acceptors (Lipinski definition) is 5. The van der Waals surface area contributed by atoms with Crippen molar-refractivity contribution >= 4 is 17.0 Å². The lowest BCUT2D eigenvalue weighted by atomic mass is 10.1. The van der Waals surface area contributed by atoms with Gasteiger partial charge in [-0.25, -0.2) is 4.98 Å². The van der Waals surface area contributed by atoms with Gasteiger partial charge in [0.2, 0.25) is 5.95 Å². The number of hydrogen-bond donors (Lipinski definition) is 2. The number of benzene rings is 1. The molecule has 6 nitrogen and oxygen atoms in total. The monoisotopic (exact) mass is 353 g/mol. The largest absolute Gasteiger partial charge is 0.464 e. The van der Waals surface area contributed by atoms with Crippen molar-refractivity contribution in [1.29, 1.82) is 0 Å². The molecule has 0 radical (unpaired) electrons. The summed E-state index contributed by atoms with van der Waals surface area (Å²) in [6, 6.07) is 12.8. The van der Waals surface area contributed by atoms with Crippen molar-refractivity contribution in [3.8, 4) is 0 Å². The minimum Gasteiger partial charge on any atom is -0.464 e. The van der Waals surface area contributed by atoms with Gasteiger partial charge < -0.3 is 24.9 Å². The Hall–Kier alpha value is -2.31. The molecule has 1 saturated heterocycles. The van der Waals surface area contributed by atoms with Gasteiger partial charge in [-0.05, 0) is 44.0 Å².